The molecule has 2 aliphatic rings. The number of carbonyl (C=O) groups excluding carboxylic acids is 1. The average molecular weight is 564 g/mol. The third-order valence-corrected chi connectivity index (χ3v) is 7.68. The summed E-state index contributed by atoms with van der Waals surface area (Å²) in [5.74, 6) is 1.07. The molecule has 2 N–H and O–H groups in total. The van der Waals surface area contributed by atoms with E-state index in [4.69, 9.17) is 9.47 Å². The van der Waals surface area contributed by atoms with Crippen molar-refractivity contribution < 1.29 is 14.3 Å². The van der Waals surface area contributed by atoms with Crippen LogP contribution in [0.3, 0.4) is 0 Å². The number of thiazole rings is 1. The van der Waals surface area contributed by atoms with Crippen molar-refractivity contribution in [1.29, 1.82) is 0 Å². The molecule has 40 heavy (non-hydrogen) atoms. The van der Waals surface area contributed by atoms with E-state index in [0.29, 0.717) is 30.0 Å². The molecule has 10 nitrogen and oxygen atoms in total. The molecule has 1 fully saturated rings. The predicted octanol–water partition coefficient (Wildman–Crippen LogP) is 6.16. The first-order chi connectivity index (χ1) is 19.0. The summed E-state index contributed by atoms with van der Waals surface area (Å²) in [5, 5.41) is 16.1. The number of amides is 1. The molecule has 0 radical (unpaired) electrons. The fourth-order valence-corrected chi connectivity index (χ4v) is 5.39. The largest absolute Gasteiger partial charge is 0.467 e. The van der Waals surface area contributed by atoms with E-state index in [2.05, 4.69) is 57.6 Å². The van der Waals surface area contributed by atoms with Gasteiger partial charge in [-0.3, -0.25) is 4.98 Å². The maximum Gasteiger partial charge on any atom is 0.410 e. The lowest BCUT2D eigenvalue weighted by molar-refractivity contribution is 0.0126. The number of fused-ring (bicyclic) bond motifs is 1. The van der Waals surface area contributed by atoms with Crippen LogP contribution in [0.25, 0.3) is 16.5 Å². The molecule has 0 aliphatic carbocycles. The Bertz CT molecular complexity index is 1390. The Labute approximate surface area is 239 Å². The van der Waals surface area contributed by atoms with Gasteiger partial charge in [0.15, 0.2) is 5.82 Å². The minimum absolute atomic E-state index is 0.00947. The molecular formula is C29H37N7O3S. The smallest absolute Gasteiger partial charge is 0.410 e. The zero-order chi connectivity index (χ0) is 28.5. The predicted molar refractivity (Wildman–Crippen MR) is 158 cm³/mol. The summed E-state index contributed by atoms with van der Waals surface area (Å²) in [6, 6.07) is 4.11. The second kappa shape index (κ2) is 11.0. The van der Waals surface area contributed by atoms with Gasteiger partial charge in [-0.25, -0.2) is 9.78 Å². The molecule has 3 aromatic rings. The average Bonchev–Trinajstić information content (AvgIpc) is 3.36. The van der Waals surface area contributed by atoms with Crippen LogP contribution < -0.4 is 15.4 Å². The minimum atomic E-state index is -0.562. The summed E-state index contributed by atoms with van der Waals surface area (Å²) in [4.78, 5) is 24.2. The molecule has 1 atom stereocenters. The summed E-state index contributed by atoms with van der Waals surface area (Å²) in [7, 11) is 0. The summed E-state index contributed by atoms with van der Waals surface area (Å²) >= 11 is 1.49. The highest BCUT2D eigenvalue weighted by atomic mass is 32.1. The van der Waals surface area contributed by atoms with Crippen LogP contribution in [-0.4, -0.2) is 61.6 Å². The molecule has 5 rings (SSSR count). The zero-order valence-corrected chi connectivity index (χ0v) is 24.7. The van der Waals surface area contributed by atoms with Crippen molar-refractivity contribution in [2.45, 2.75) is 77.7 Å². The van der Waals surface area contributed by atoms with E-state index in [9.17, 15) is 4.79 Å². The highest BCUT2D eigenvalue weighted by molar-refractivity contribution is 7.16. The number of nitrogens with one attached hydrogen (secondary N) is 2. The van der Waals surface area contributed by atoms with Gasteiger partial charge >= 0.3 is 6.09 Å². The molecule has 1 unspecified atom stereocenters. The molecule has 2 aliphatic heterocycles. The molecule has 212 valence electrons. The topological polar surface area (TPSA) is 114 Å². The van der Waals surface area contributed by atoms with E-state index >= 15 is 0 Å². The normalized spacial score (nSPS) is 19.2. The van der Waals surface area contributed by atoms with Crippen molar-refractivity contribution in [3.05, 3.63) is 48.1 Å². The zero-order valence-electron chi connectivity index (χ0n) is 23.9. The molecule has 0 aromatic carbocycles. The summed E-state index contributed by atoms with van der Waals surface area (Å²) in [6.45, 7) is 13.2. The van der Waals surface area contributed by atoms with Gasteiger partial charge in [0.1, 0.15) is 17.4 Å². The fourth-order valence-electron chi connectivity index (χ4n) is 4.58. The van der Waals surface area contributed by atoms with E-state index in [1.807, 2.05) is 51.4 Å². The van der Waals surface area contributed by atoms with Gasteiger partial charge in [-0.2, -0.15) is 5.10 Å². The first-order valence-electron chi connectivity index (χ1n) is 13.7. The van der Waals surface area contributed by atoms with Gasteiger partial charge in [0.05, 0.1) is 22.5 Å². The lowest BCUT2D eigenvalue weighted by Gasteiger charge is -2.33. The molecular weight excluding hydrogens is 526 g/mol. The molecule has 1 amide bonds. The summed E-state index contributed by atoms with van der Waals surface area (Å²) in [6.07, 6.45) is 10.7. The number of hydrogen-bond acceptors (Lipinski definition) is 10. The third kappa shape index (κ3) is 6.70. The van der Waals surface area contributed by atoms with Gasteiger partial charge in [0.25, 0.3) is 5.19 Å². The number of pyridine rings is 1. The number of hydrogen-bond donors (Lipinski definition) is 2. The van der Waals surface area contributed by atoms with E-state index in [1.165, 1.54) is 11.3 Å². The van der Waals surface area contributed by atoms with Gasteiger partial charge in [-0.15, -0.1) is 5.10 Å². The molecule has 0 spiro atoms. The highest BCUT2D eigenvalue weighted by Crippen LogP contribution is 2.36. The summed E-state index contributed by atoms with van der Waals surface area (Å²) in [5.41, 5.74) is 2.80. The second-order valence-electron chi connectivity index (χ2n) is 11.7. The number of piperidine rings is 1. The van der Waals surface area contributed by atoms with Crippen LogP contribution >= 0.6 is 11.3 Å². The van der Waals surface area contributed by atoms with Gasteiger partial charge < -0.3 is 25.0 Å². The van der Waals surface area contributed by atoms with Gasteiger partial charge in [-0.1, -0.05) is 25.2 Å². The minimum Gasteiger partial charge on any atom is -0.467 e. The number of likely N-dealkylation sites (tertiary alicyclic amines) is 1. The van der Waals surface area contributed by atoms with Crippen molar-refractivity contribution >= 4 is 35.0 Å². The van der Waals surface area contributed by atoms with Crippen molar-refractivity contribution in [2.24, 2.45) is 0 Å². The van der Waals surface area contributed by atoms with E-state index in [0.717, 1.165) is 40.2 Å². The highest BCUT2D eigenvalue weighted by Gasteiger charge is 2.29. The Kier molecular flexibility index (Phi) is 7.67. The number of nitrogens with zero attached hydrogens (tertiary/aromatic N) is 5. The van der Waals surface area contributed by atoms with Gasteiger partial charge in [0.2, 0.25) is 0 Å². The number of aromatic nitrogens is 4. The van der Waals surface area contributed by atoms with Crippen LogP contribution in [0.4, 0.5) is 16.3 Å². The van der Waals surface area contributed by atoms with Crippen molar-refractivity contribution in [2.75, 3.05) is 23.7 Å². The van der Waals surface area contributed by atoms with E-state index < -0.39 is 11.3 Å². The Morgan fingerprint density at radius 3 is 2.67 bits per heavy atom. The number of carbonyl (C=O) groups is 1. The molecule has 0 bridgehead atoms. The second-order valence-corrected chi connectivity index (χ2v) is 12.7. The molecule has 11 heteroatoms. The maximum atomic E-state index is 12.3. The lowest BCUT2D eigenvalue weighted by atomic mass is 10.0. The monoisotopic (exact) mass is 563 g/mol. The van der Waals surface area contributed by atoms with E-state index in [-0.39, 0.29) is 12.2 Å². The maximum absolute atomic E-state index is 12.3. The third-order valence-electron chi connectivity index (χ3n) is 6.75. The van der Waals surface area contributed by atoms with Crippen molar-refractivity contribution in [3.63, 3.8) is 0 Å². The standard InChI is InChI=1S/C29H37N7O3S/c1-18(2)19-14-25(35-32-16-19)34-29(6)10-7-22-23(33-29)13-20(15-30-22)24-17-31-26(40-24)38-21-8-11-36(12-9-21)27(37)39-28(3,4)5/h7,10,13-18,21,33H,8-9,11-12H2,1-6H3,(H,34,35). The fraction of sp³-hybridized carbons (Fsp3) is 0.483. The first kappa shape index (κ1) is 27.8. The molecule has 3 aromatic heterocycles. The molecule has 0 saturated carbocycles. The summed E-state index contributed by atoms with van der Waals surface area (Å²) < 4.78 is 11.7. The molecule has 5 heterocycles. The number of anilines is 2. The lowest BCUT2D eigenvalue weighted by Crippen LogP contribution is -2.44. The van der Waals surface area contributed by atoms with Gasteiger partial charge in [-0.05, 0) is 63.5 Å². The van der Waals surface area contributed by atoms with Crippen molar-refractivity contribution in [3.8, 4) is 15.6 Å². The van der Waals surface area contributed by atoms with Crippen LogP contribution in [0.2, 0.25) is 0 Å². The van der Waals surface area contributed by atoms with E-state index in [1.54, 1.807) is 11.1 Å². The number of ether oxygens (including phenoxy) is 2. The SMILES string of the molecule is CC(C)c1cnnc(NC2(C)C=Cc3ncc(-c4cnc(OC5CCN(C(=O)OC(C)(C)C)CC5)s4)cc3N2)c1. The van der Waals surface area contributed by atoms with Crippen LogP contribution in [-0.2, 0) is 4.74 Å². The van der Waals surface area contributed by atoms with Crippen LogP contribution in [0.5, 0.6) is 5.19 Å². The van der Waals surface area contributed by atoms with Crippen LogP contribution in [0.15, 0.2) is 36.8 Å². The quantitative estimate of drug-likeness (QED) is 0.364. The Balaban J connectivity index is 1.21. The Hall–Kier alpha value is -3.73. The van der Waals surface area contributed by atoms with Crippen LogP contribution in [0.1, 0.15) is 71.6 Å². The molecule has 1 saturated heterocycles. The Morgan fingerprint density at radius 2 is 1.95 bits per heavy atom. The number of rotatable bonds is 6. The van der Waals surface area contributed by atoms with Crippen molar-refractivity contribution in [1.82, 2.24) is 25.1 Å². The van der Waals surface area contributed by atoms with Crippen LogP contribution in [0, 0.1) is 0 Å². The Morgan fingerprint density at radius 1 is 1.18 bits per heavy atom. The van der Waals surface area contributed by atoms with Gasteiger partial charge in [0, 0.05) is 43.9 Å². The first-order valence-corrected chi connectivity index (χ1v) is 14.5.